The van der Waals surface area contributed by atoms with Crippen LogP contribution in [0.4, 0.5) is 13.2 Å². The van der Waals surface area contributed by atoms with E-state index >= 15 is 0 Å². The molecule has 4 nitrogen and oxygen atoms in total. The number of nitrogens with zero attached hydrogens (tertiary/aromatic N) is 2. The van der Waals surface area contributed by atoms with Crippen LogP contribution in [0.25, 0.3) is 0 Å². The van der Waals surface area contributed by atoms with Gasteiger partial charge in [-0.05, 0) is 25.2 Å². The molecule has 1 rings (SSSR count). The molecule has 2 unspecified atom stereocenters. The van der Waals surface area contributed by atoms with Gasteiger partial charge >= 0.3 is 6.18 Å². The Morgan fingerprint density at radius 1 is 1.43 bits per heavy atom. The third-order valence-corrected chi connectivity index (χ3v) is 3.84. The Labute approximate surface area is 141 Å². The van der Waals surface area contributed by atoms with Crippen molar-refractivity contribution in [2.45, 2.75) is 45.9 Å². The molecule has 0 aromatic rings. The highest BCUT2D eigenvalue weighted by Gasteiger charge is 2.38. The van der Waals surface area contributed by atoms with Crippen molar-refractivity contribution in [3.63, 3.8) is 0 Å². The molecular formula is C13H25F3IN3O. The standard InChI is InChI=1S/C13H24F3N3O.HI/c1-4-12(3)6-7-19(9-12)11(17-5-2)18-8-10(20)13(14,15)16;/h10,20H,4-9H2,1-3H3,(H,17,18);1H. The van der Waals surface area contributed by atoms with E-state index < -0.39 is 18.8 Å². The van der Waals surface area contributed by atoms with Crippen molar-refractivity contribution >= 4 is 29.9 Å². The van der Waals surface area contributed by atoms with Gasteiger partial charge < -0.3 is 15.3 Å². The van der Waals surface area contributed by atoms with E-state index in [-0.39, 0.29) is 29.4 Å². The molecule has 0 saturated carbocycles. The number of halogens is 4. The molecule has 1 heterocycles. The van der Waals surface area contributed by atoms with E-state index in [1.807, 2.05) is 11.8 Å². The van der Waals surface area contributed by atoms with Gasteiger partial charge in [-0.3, -0.25) is 4.99 Å². The number of alkyl halides is 3. The normalized spacial score (nSPS) is 24.7. The lowest BCUT2D eigenvalue weighted by atomic mass is 9.87. The van der Waals surface area contributed by atoms with Gasteiger partial charge in [-0.25, -0.2) is 0 Å². The first-order valence-electron chi connectivity index (χ1n) is 7.00. The Morgan fingerprint density at radius 2 is 2.05 bits per heavy atom. The molecule has 0 radical (unpaired) electrons. The van der Waals surface area contributed by atoms with E-state index in [1.165, 1.54) is 0 Å². The number of aliphatic imine (C=N–C) groups is 1. The van der Waals surface area contributed by atoms with Crippen molar-refractivity contribution in [1.29, 1.82) is 0 Å². The van der Waals surface area contributed by atoms with Crippen LogP contribution in [0.3, 0.4) is 0 Å². The number of aliphatic hydroxyl groups excluding tert-OH is 1. The monoisotopic (exact) mass is 423 g/mol. The second-order valence-electron chi connectivity index (χ2n) is 5.59. The topological polar surface area (TPSA) is 47.9 Å². The maximum absolute atomic E-state index is 12.3. The summed E-state index contributed by atoms with van der Waals surface area (Å²) < 4.78 is 36.9. The van der Waals surface area contributed by atoms with Crippen LogP contribution in [-0.2, 0) is 0 Å². The molecule has 1 saturated heterocycles. The van der Waals surface area contributed by atoms with Gasteiger partial charge in [-0.1, -0.05) is 13.8 Å². The van der Waals surface area contributed by atoms with E-state index in [0.717, 1.165) is 25.9 Å². The number of rotatable bonds is 4. The summed E-state index contributed by atoms with van der Waals surface area (Å²) >= 11 is 0. The first-order chi connectivity index (χ1) is 9.22. The van der Waals surface area contributed by atoms with Gasteiger partial charge in [0.05, 0.1) is 6.54 Å². The lowest BCUT2D eigenvalue weighted by Gasteiger charge is -2.25. The molecule has 1 aliphatic rings. The van der Waals surface area contributed by atoms with Crippen LogP contribution in [0.1, 0.15) is 33.6 Å². The van der Waals surface area contributed by atoms with Gasteiger partial charge in [-0.15, -0.1) is 24.0 Å². The van der Waals surface area contributed by atoms with Crippen molar-refractivity contribution < 1.29 is 18.3 Å². The van der Waals surface area contributed by atoms with Gasteiger partial charge in [0.2, 0.25) is 0 Å². The average molecular weight is 423 g/mol. The molecule has 0 amide bonds. The molecule has 0 spiro atoms. The number of aliphatic hydroxyl groups is 1. The summed E-state index contributed by atoms with van der Waals surface area (Å²) in [7, 11) is 0. The van der Waals surface area contributed by atoms with E-state index in [0.29, 0.717) is 12.5 Å². The fourth-order valence-corrected chi connectivity index (χ4v) is 2.20. The Bertz CT molecular complexity index is 352. The summed E-state index contributed by atoms with van der Waals surface area (Å²) in [6, 6.07) is 0. The van der Waals surface area contributed by atoms with Crippen molar-refractivity contribution in [2.24, 2.45) is 10.4 Å². The second kappa shape index (κ2) is 8.40. The predicted octanol–water partition coefficient (Wildman–Crippen LogP) is 2.62. The summed E-state index contributed by atoms with van der Waals surface area (Å²) in [6.45, 7) is 7.62. The SMILES string of the molecule is CCNC(=NCC(O)C(F)(F)F)N1CCC(C)(CC)C1.I. The van der Waals surface area contributed by atoms with Crippen molar-refractivity contribution in [3.8, 4) is 0 Å². The van der Waals surface area contributed by atoms with Gasteiger partial charge in [0, 0.05) is 19.6 Å². The molecule has 21 heavy (non-hydrogen) atoms. The van der Waals surface area contributed by atoms with Crippen molar-refractivity contribution in [1.82, 2.24) is 10.2 Å². The number of nitrogens with one attached hydrogen (secondary N) is 1. The summed E-state index contributed by atoms with van der Waals surface area (Å²) in [5, 5.41) is 12.0. The summed E-state index contributed by atoms with van der Waals surface area (Å²) in [6.07, 6.45) is -5.01. The Hall–Kier alpha value is -0.250. The third-order valence-electron chi connectivity index (χ3n) is 3.84. The number of likely N-dealkylation sites (tertiary alicyclic amines) is 1. The second-order valence-corrected chi connectivity index (χ2v) is 5.59. The zero-order valence-electron chi connectivity index (χ0n) is 12.7. The number of hydrogen-bond acceptors (Lipinski definition) is 2. The number of guanidine groups is 1. The fraction of sp³-hybridized carbons (Fsp3) is 0.923. The first-order valence-corrected chi connectivity index (χ1v) is 7.00. The molecule has 1 fully saturated rings. The zero-order valence-corrected chi connectivity index (χ0v) is 15.0. The highest BCUT2D eigenvalue weighted by molar-refractivity contribution is 14.0. The molecule has 1 aliphatic heterocycles. The summed E-state index contributed by atoms with van der Waals surface area (Å²) in [4.78, 5) is 5.89. The minimum Gasteiger partial charge on any atom is -0.382 e. The highest BCUT2D eigenvalue weighted by Crippen LogP contribution is 2.32. The van der Waals surface area contributed by atoms with Crippen LogP contribution in [-0.4, -0.2) is 54.4 Å². The Morgan fingerprint density at radius 3 is 2.48 bits per heavy atom. The van der Waals surface area contributed by atoms with Crippen LogP contribution in [0.15, 0.2) is 4.99 Å². The van der Waals surface area contributed by atoms with Gasteiger partial charge in [0.15, 0.2) is 12.1 Å². The smallest absolute Gasteiger partial charge is 0.382 e. The molecular weight excluding hydrogens is 398 g/mol. The molecule has 0 bridgehead atoms. The zero-order chi connectivity index (χ0) is 15.4. The van der Waals surface area contributed by atoms with Crippen LogP contribution in [0, 0.1) is 5.41 Å². The lowest BCUT2D eigenvalue weighted by molar-refractivity contribution is -0.199. The van der Waals surface area contributed by atoms with Gasteiger partial charge in [0.1, 0.15) is 0 Å². The lowest BCUT2D eigenvalue weighted by Crippen LogP contribution is -2.42. The molecule has 0 aliphatic carbocycles. The van der Waals surface area contributed by atoms with Gasteiger partial charge in [-0.2, -0.15) is 13.2 Å². The molecule has 8 heteroatoms. The maximum Gasteiger partial charge on any atom is 0.416 e. The van der Waals surface area contributed by atoms with Crippen molar-refractivity contribution in [2.75, 3.05) is 26.2 Å². The fourth-order valence-electron chi connectivity index (χ4n) is 2.20. The average Bonchev–Trinajstić information content (AvgIpc) is 2.76. The number of hydrogen-bond donors (Lipinski definition) is 2. The molecule has 2 N–H and O–H groups in total. The van der Waals surface area contributed by atoms with Crippen LogP contribution < -0.4 is 5.32 Å². The highest BCUT2D eigenvalue weighted by atomic mass is 127. The summed E-state index contributed by atoms with van der Waals surface area (Å²) in [5.41, 5.74) is 0.179. The molecule has 0 aromatic heterocycles. The quantitative estimate of drug-likeness (QED) is 0.415. The van der Waals surface area contributed by atoms with Crippen LogP contribution in [0.5, 0.6) is 0 Å². The van der Waals surface area contributed by atoms with E-state index in [1.54, 1.807) is 0 Å². The van der Waals surface area contributed by atoms with Gasteiger partial charge in [0.25, 0.3) is 0 Å². The van der Waals surface area contributed by atoms with Crippen molar-refractivity contribution in [3.05, 3.63) is 0 Å². The third kappa shape index (κ3) is 6.17. The van der Waals surface area contributed by atoms with Crippen LogP contribution >= 0.6 is 24.0 Å². The Kier molecular flexibility index (Phi) is 8.30. The molecule has 2 atom stereocenters. The van der Waals surface area contributed by atoms with E-state index in [9.17, 15) is 13.2 Å². The molecule has 0 aromatic carbocycles. The minimum absolute atomic E-state index is 0. The summed E-state index contributed by atoms with van der Waals surface area (Å²) in [5.74, 6) is 0.452. The molecule has 126 valence electrons. The predicted molar refractivity (Wildman–Crippen MR) is 88.0 cm³/mol. The minimum atomic E-state index is -4.62. The first kappa shape index (κ1) is 20.8. The maximum atomic E-state index is 12.3. The van der Waals surface area contributed by atoms with E-state index in [2.05, 4.69) is 24.2 Å². The Balaban J connectivity index is 0.00000400. The largest absolute Gasteiger partial charge is 0.416 e. The van der Waals surface area contributed by atoms with Crippen LogP contribution in [0.2, 0.25) is 0 Å². The van der Waals surface area contributed by atoms with E-state index in [4.69, 9.17) is 5.11 Å².